The van der Waals surface area contributed by atoms with Crippen molar-refractivity contribution in [2.75, 3.05) is 44.3 Å². The maximum Gasteiger partial charge on any atom is 0.260 e. The van der Waals surface area contributed by atoms with E-state index < -0.39 is 17.5 Å². The molecule has 0 aliphatic carbocycles. The van der Waals surface area contributed by atoms with Gasteiger partial charge >= 0.3 is 0 Å². The first-order valence-electron chi connectivity index (χ1n) is 9.14. The summed E-state index contributed by atoms with van der Waals surface area (Å²) in [6.07, 6.45) is 0. The second-order valence-corrected chi connectivity index (χ2v) is 8.09. The molecule has 1 aromatic heterocycles. The minimum absolute atomic E-state index is 0.0724. The number of thiazole rings is 1. The predicted octanol–water partition coefficient (Wildman–Crippen LogP) is 4.21. The van der Waals surface area contributed by atoms with Gasteiger partial charge in [0.15, 0.2) is 16.8 Å². The standard InChI is InChI=1S/C20H18ClF2N3O2S/c21-14-2-4-17-18(12-14)29-20(24-17)26(6-5-25-7-9-28-10-8-25)19(27)13-1-3-15(22)16(23)11-13/h1-4,11-12H,5-10H2. The monoisotopic (exact) mass is 437 g/mol. The Morgan fingerprint density at radius 1 is 1.17 bits per heavy atom. The lowest BCUT2D eigenvalue weighted by Crippen LogP contribution is -2.43. The topological polar surface area (TPSA) is 45.7 Å². The highest BCUT2D eigenvalue weighted by atomic mass is 35.5. The molecule has 0 radical (unpaired) electrons. The molecular weight excluding hydrogens is 420 g/mol. The lowest BCUT2D eigenvalue weighted by Gasteiger charge is -2.29. The lowest BCUT2D eigenvalue weighted by atomic mass is 10.2. The van der Waals surface area contributed by atoms with Crippen LogP contribution in [0, 0.1) is 11.6 Å². The molecule has 0 N–H and O–H groups in total. The molecule has 1 saturated heterocycles. The van der Waals surface area contributed by atoms with Crippen LogP contribution in [0.25, 0.3) is 10.2 Å². The molecule has 0 bridgehead atoms. The molecule has 2 heterocycles. The molecule has 3 aromatic rings. The summed E-state index contributed by atoms with van der Waals surface area (Å²) < 4.78 is 33.2. The molecule has 9 heteroatoms. The number of benzene rings is 2. The first-order valence-corrected chi connectivity index (χ1v) is 10.3. The number of ether oxygens (including phenoxy) is 1. The first kappa shape index (κ1) is 20.2. The fraction of sp³-hybridized carbons (Fsp3) is 0.300. The average molecular weight is 438 g/mol. The van der Waals surface area contributed by atoms with Gasteiger partial charge in [0.2, 0.25) is 0 Å². The van der Waals surface area contributed by atoms with Gasteiger partial charge < -0.3 is 4.74 Å². The molecule has 0 unspecified atom stereocenters. The van der Waals surface area contributed by atoms with Crippen LogP contribution in [0.15, 0.2) is 36.4 Å². The number of halogens is 3. The minimum atomic E-state index is -1.06. The Bertz CT molecular complexity index is 1040. The van der Waals surface area contributed by atoms with E-state index in [1.165, 1.54) is 22.3 Å². The second kappa shape index (κ2) is 8.71. The molecule has 4 rings (SSSR count). The summed E-state index contributed by atoms with van der Waals surface area (Å²) in [6, 6.07) is 8.49. The average Bonchev–Trinajstić information content (AvgIpc) is 3.13. The predicted molar refractivity (Wildman–Crippen MR) is 110 cm³/mol. The van der Waals surface area contributed by atoms with E-state index in [2.05, 4.69) is 9.88 Å². The Balaban J connectivity index is 1.64. The van der Waals surface area contributed by atoms with Gasteiger partial charge in [-0.1, -0.05) is 22.9 Å². The van der Waals surface area contributed by atoms with Crippen molar-refractivity contribution in [2.24, 2.45) is 0 Å². The molecule has 1 fully saturated rings. The van der Waals surface area contributed by atoms with Gasteiger partial charge in [0, 0.05) is 36.8 Å². The van der Waals surface area contributed by atoms with E-state index in [0.29, 0.717) is 36.5 Å². The zero-order chi connectivity index (χ0) is 20.4. The van der Waals surface area contributed by atoms with Crippen LogP contribution in [-0.2, 0) is 4.74 Å². The van der Waals surface area contributed by atoms with Gasteiger partial charge in [-0.05, 0) is 36.4 Å². The maximum atomic E-state index is 13.7. The third-order valence-corrected chi connectivity index (χ3v) is 6.00. The Labute approximate surface area is 175 Å². The van der Waals surface area contributed by atoms with E-state index in [1.807, 2.05) is 0 Å². The molecule has 0 atom stereocenters. The van der Waals surface area contributed by atoms with Gasteiger partial charge in [0.1, 0.15) is 0 Å². The molecule has 1 aliphatic heterocycles. The normalized spacial score (nSPS) is 15.0. The van der Waals surface area contributed by atoms with Crippen LogP contribution in [-0.4, -0.2) is 55.2 Å². The zero-order valence-corrected chi connectivity index (χ0v) is 17.0. The third-order valence-electron chi connectivity index (χ3n) is 4.73. The van der Waals surface area contributed by atoms with Crippen molar-refractivity contribution in [3.8, 4) is 0 Å². The van der Waals surface area contributed by atoms with E-state index in [0.717, 1.165) is 35.4 Å². The molecule has 29 heavy (non-hydrogen) atoms. The number of hydrogen-bond acceptors (Lipinski definition) is 5. The van der Waals surface area contributed by atoms with Crippen LogP contribution in [0.5, 0.6) is 0 Å². The second-order valence-electron chi connectivity index (χ2n) is 6.65. The highest BCUT2D eigenvalue weighted by Gasteiger charge is 2.23. The Morgan fingerprint density at radius 3 is 2.72 bits per heavy atom. The van der Waals surface area contributed by atoms with Crippen molar-refractivity contribution >= 4 is 44.2 Å². The number of rotatable bonds is 5. The zero-order valence-electron chi connectivity index (χ0n) is 15.4. The number of nitrogens with zero attached hydrogens (tertiary/aromatic N) is 3. The van der Waals surface area contributed by atoms with E-state index >= 15 is 0 Å². The summed E-state index contributed by atoms with van der Waals surface area (Å²) in [6.45, 7) is 3.85. The van der Waals surface area contributed by atoms with Crippen molar-refractivity contribution in [1.82, 2.24) is 9.88 Å². The van der Waals surface area contributed by atoms with Gasteiger partial charge in [-0.2, -0.15) is 0 Å². The summed E-state index contributed by atoms with van der Waals surface area (Å²) in [7, 11) is 0. The number of fused-ring (bicyclic) bond motifs is 1. The van der Waals surface area contributed by atoms with Crippen LogP contribution in [0.2, 0.25) is 5.02 Å². The van der Waals surface area contributed by atoms with Gasteiger partial charge in [-0.25, -0.2) is 13.8 Å². The van der Waals surface area contributed by atoms with Crippen LogP contribution >= 0.6 is 22.9 Å². The molecule has 0 saturated carbocycles. The number of carbonyl (C=O) groups excluding carboxylic acids is 1. The van der Waals surface area contributed by atoms with Crippen LogP contribution in [0.3, 0.4) is 0 Å². The minimum Gasteiger partial charge on any atom is -0.379 e. The molecule has 152 valence electrons. The fourth-order valence-electron chi connectivity index (χ4n) is 3.14. The van der Waals surface area contributed by atoms with E-state index in [-0.39, 0.29) is 5.56 Å². The van der Waals surface area contributed by atoms with E-state index in [1.54, 1.807) is 18.2 Å². The fourth-order valence-corrected chi connectivity index (χ4v) is 4.40. The van der Waals surface area contributed by atoms with Crippen molar-refractivity contribution in [3.63, 3.8) is 0 Å². The van der Waals surface area contributed by atoms with Gasteiger partial charge in [-0.3, -0.25) is 14.6 Å². The first-order chi connectivity index (χ1) is 14.0. The number of hydrogen-bond donors (Lipinski definition) is 0. The number of carbonyl (C=O) groups is 1. The van der Waals surface area contributed by atoms with Crippen molar-refractivity contribution < 1.29 is 18.3 Å². The summed E-state index contributed by atoms with van der Waals surface area (Å²) in [4.78, 5) is 21.4. The van der Waals surface area contributed by atoms with Crippen LogP contribution in [0.4, 0.5) is 13.9 Å². The van der Waals surface area contributed by atoms with Crippen LogP contribution < -0.4 is 4.90 Å². The van der Waals surface area contributed by atoms with E-state index in [9.17, 15) is 13.6 Å². The lowest BCUT2D eigenvalue weighted by molar-refractivity contribution is 0.0391. The molecular formula is C20H18ClF2N3O2S. The number of anilines is 1. The molecule has 2 aromatic carbocycles. The number of amides is 1. The molecule has 1 aliphatic rings. The summed E-state index contributed by atoms with van der Waals surface area (Å²) in [5.74, 6) is -2.47. The summed E-state index contributed by atoms with van der Waals surface area (Å²) >= 11 is 7.40. The number of morpholine rings is 1. The Morgan fingerprint density at radius 2 is 1.97 bits per heavy atom. The summed E-state index contributed by atoms with van der Waals surface area (Å²) in [5.41, 5.74) is 0.798. The highest BCUT2D eigenvalue weighted by Crippen LogP contribution is 2.31. The Hall–Kier alpha value is -2.13. The van der Waals surface area contributed by atoms with E-state index in [4.69, 9.17) is 16.3 Å². The molecule has 1 amide bonds. The largest absolute Gasteiger partial charge is 0.379 e. The summed E-state index contributed by atoms with van der Waals surface area (Å²) in [5, 5.41) is 1.07. The van der Waals surface area contributed by atoms with Crippen molar-refractivity contribution in [2.45, 2.75) is 0 Å². The SMILES string of the molecule is O=C(c1ccc(F)c(F)c1)N(CCN1CCOCC1)c1nc2ccc(Cl)cc2s1. The Kier molecular flexibility index (Phi) is 6.05. The molecule has 5 nitrogen and oxygen atoms in total. The quantitative estimate of drug-likeness (QED) is 0.600. The van der Waals surface area contributed by atoms with Crippen molar-refractivity contribution in [1.29, 1.82) is 0 Å². The third kappa shape index (κ3) is 4.56. The highest BCUT2D eigenvalue weighted by molar-refractivity contribution is 7.22. The van der Waals surface area contributed by atoms with Gasteiger partial charge in [0.05, 0.1) is 23.4 Å². The van der Waals surface area contributed by atoms with Crippen LogP contribution in [0.1, 0.15) is 10.4 Å². The maximum absolute atomic E-state index is 13.7. The smallest absolute Gasteiger partial charge is 0.260 e. The van der Waals surface area contributed by atoms with Crippen molar-refractivity contribution in [3.05, 3.63) is 58.6 Å². The van der Waals surface area contributed by atoms with Gasteiger partial charge in [0.25, 0.3) is 5.91 Å². The van der Waals surface area contributed by atoms with Gasteiger partial charge in [-0.15, -0.1) is 0 Å². The number of aromatic nitrogens is 1. The molecule has 0 spiro atoms.